The third-order valence-corrected chi connectivity index (χ3v) is 3.97. The second kappa shape index (κ2) is 6.59. The Balaban J connectivity index is 2.65. The first-order valence-corrected chi connectivity index (χ1v) is 7.26. The number of halogens is 1. The SMILES string of the molecule is Cc1nn(CCCC(C)(NC(C)C)C(=O)O)c(C)c1Cl. The second-order valence-electron chi connectivity index (χ2n) is 5.75. The van der Waals surface area contributed by atoms with E-state index in [1.165, 1.54) is 0 Å². The summed E-state index contributed by atoms with van der Waals surface area (Å²) in [5, 5.41) is 17.5. The van der Waals surface area contributed by atoms with Gasteiger partial charge in [-0.25, -0.2) is 0 Å². The van der Waals surface area contributed by atoms with Crippen LogP contribution in [0.3, 0.4) is 0 Å². The number of nitrogens with zero attached hydrogens (tertiary/aromatic N) is 2. The van der Waals surface area contributed by atoms with Crippen molar-refractivity contribution in [3.8, 4) is 0 Å². The third-order valence-electron chi connectivity index (χ3n) is 3.42. The fourth-order valence-electron chi connectivity index (χ4n) is 2.35. The van der Waals surface area contributed by atoms with Gasteiger partial charge in [0.1, 0.15) is 5.54 Å². The highest BCUT2D eigenvalue weighted by Gasteiger charge is 2.32. The highest BCUT2D eigenvalue weighted by Crippen LogP contribution is 2.20. The number of carboxylic acid groups (broad SMARTS) is 1. The average Bonchev–Trinajstić information content (AvgIpc) is 2.56. The van der Waals surface area contributed by atoms with E-state index in [0.717, 1.165) is 17.8 Å². The van der Waals surface area contributed by atoms with Crippen LogP contribution in [-0.2, 0) is 11.3 Å². The molecule has 0 bridgehead atoms. The van der Waals surface area contributed by atoms with Crippen molar-refractivity contribution in [3.05, 3.63) is 16.4 Å². The Morgan fingerprint density at radius 3 is 2.50 bits per heavy atom. The van der Waals surface area contributed by atoms with Crippen molar-refractivity contribution in [1.29, 1.82) is 0 Å². The molecule has 0 saturated heterocycles. The van der Waals surface area contributed by atoms with Crippen LogP contribution in [0.25, 0.3) is 0 Å². The van der Waals surface area contributed by atoms with E-state index in [-0.39, 0.29) is 6.04 Å². The van der Waals surface area contributed by atoms with Crippen LogP contribution in [0.2, 0.25) is 5.02 Å². The molecule has 5 nitrogen and oxygen atoms in total. The maximum absolute atomic E-state index is 11.4. The van der Waals surface area contributed by atoms with E-state index >= 15 is 0 Å². The Bertz CT molecular complexity index is 485. The summed E-state index contributed by atoms with van der Waals surface area (Å²) >= 11 is 6.10. The molecule has 20 heavy (non-hydrogen) atoms. The van der Waals surface area contributed by atoms with Crippen molar-refractivity contribution in [2.24, 2.45) is 0 Å². The summed E-state index contributed by atoms with van der Waals surface area (Å²) in [7, 11) is 0. The lowest BCUT2D eigenvalue weighted by molar-refractivity contribution is -0.144. The monoisotopic (exact) mass is 301 g/mol. The molecule has 1 heterocycles. The van der Waals surface area contributed by atoms with Gasteiger partial charge in [-0.05, 0) is 47.5 Å². The number of hydrogen-bond donors (Lipinski definition) is 2. The fraction of sp³-hybridized carbons (Fsp3) is 0.714. The Morgan fingerprint density at radius 1 is 1.50 bits per heavy atom. The Labute approximate surface area is 125 Å². The van der Waals surface area contributed by atoms with E-state index in [9.17, 15) is 9.90 Å². The number of aromatic nitrogens is 2. The first kappa shape index (κ1) is 17.0. The quantitative estimate of drug-likeness (QED) is 0.812. The van der Waals surface area contributed by atoms with Gasteiger partial charge in [-0.1, -0.05) is 11.6 Å². The first-order valence-electron chi connectivity index (χ1n) is 6.88. The zero-order valence-electron chi connectivity index (χ0n) is 12.8. The van der Waals surface area contributed by atoms with Crippen molar-refractivity contribution in [1.82, 2.24) is 15.1 Å². The summed E-state index contributed by atoms with van der Waals surface area (Å²) in [5.74, 6) is -0.822. The molecule has 0 aromatic carbocycles. The number of nitrogens with one attached hydrogen (secondary N) is 1. The van der Waals surface area contributed by atoms with Crippen molar-refractivity contribution in [3.63, 3.8) is 0 Å². The summed E-state index contributed by atoms with van der Waals surface area (Å²) in [6, 6.07) is 0.124. The number of aryl methyl sites for hydroxylation is 2. The summed E-state index contributed by atoms with van der Waals surface area (Å²) < 4.78 is 1.84. The van der Waals surface area contributed by atoms with Gasteiger partial charge >= 0.3 is 5.97 Å². The van der Waals surface area contributed by atoms with Gasteiger partial charge in [0.05, 0.1) is 16.4 Å². The number of rotatable bonds is 7. The summed E-state index contributed by atoms with van der Waals surface area (Å²) in [6.45, 7) is 10.1. The number of hydrogen-bond acceptors (Lipinski definition) is 3. The zero-order valence-corrected chi connectivity index (χ0v) is 13.6. The van der Waals surface area contributed by atoms with Gasteiger partial charge in [-0.3, -0.25) is 14.8 Å². The number of carboxylic acids is 1. The van der Waals surface area contributed by atoms with Gasteiger partial charge in [0.15, 0.2) is 0 Å². The van der Waals surface area contributed by atoms with Crippen molar-refractivity contribution in [2.75, 3.05) is 0 Å². The van der Waals surface area contributed by atoms with Gasteiger partial charge in [-0.15, -0.1) is 0 Å². The maximum Gasteiger partial charge on any atom is 0.323 e. The van der Waals surface area contributed by atoms with Crippen molar-refractivity contribution in [2.45, 2.75) is 65.6 Å². The molecule has 1 aromatic heterocycles. The second-order valence-corrected chi connectivity index (χ2v) is 6.13. The lowest BCUT2D eigenvalue weighted by atomic mass is 9.95. The van der Waals surface area contributed by atoms with Crippen LogP contribution < -0.4 is 5.32 Å². The van der Waals surface area contributed by atoms with Gasteiger partial charge in [0.25, 0.3) is 0 Å². The fourth-order valence-corrected chi connectivity index (χ4v) is 2.49. The first-order chi connectivity index (χ1) is 9.17. The Kier molecular flexibility index (Phi) is 5.59. The Morgan fingerprint density at radius 2 is 2.10 bits per heavy atom. The largest absolute Gasteiger partial charge is 0.480 e. The molecule has 0 amide bonds. The Hall–Kier alpha value is -1.07. The van der Waals surface area contributed by atoms with E-state index in [1.807, 2.05) is 32.4 Å². The van der Waals surface area contributed by atoms with Crippen LogP contribution in [0.5, 0.6) is 0 Å². The van der Waals surface area contributed by atoms with Crippen LogP contribution in [0.15, 0.2) is 0 Å². The minimum absolute atomic E-state index is 0.124. The molecule has 0 fully saturated rings. The van der Waals surface area contributed by atoms with Gasteiger partial charge < -0.3 is 5.11 Å². The van der Waals surface area contributed by atoms with Gasteiger partial charge in [-0.2, -0.15) is 5.10 Å². The van der Waals surface area contributed by atoms with Crippen molar-refractivity contribution < 1.29 is 9.90 Å². The van der Waals surface area contributed by atoms with E-state index in [4.69, 9.17) is 11.6 Å². The molecular formula is C14H24ClN3O2. The van der Waals surface area contributed by atoms with Gasteiger partial charge in [0, 0.05) is 12.6 Å². The summed E-state index contributed by atoms with van der Waals surface area (Å²) in [4.78, 5) is 11.4. The highest BCUT2D eigenvalue weighted by atomic mass is 35.5. The minimum Gasteiger partial charge on any atom is -0.480 e. The molecule has 1 rings (SSSR count). The lowest BCUT2D eigenvalue weighted by Crippen LogP contribution is -2.52. The molecule has 6 heteroatoms. The predicted molar refractivity (Wildman–Crippen MR) is 80.3 cm³/mol. The topological polar surface area (TPSA) is 67.2 Å². The molecule has 1 unspecified atom stereocenters. The number of aliphatic carboxylic acids is 1. The smallest absolute Gasteiger partial charge is 0.323 e. The van der Waals surface area contributed by atoms with Crippen LogP contribution >= 0.6 is 11.6 Å². The van der Waals surface area contributed by atoms with E-state index in [1.54, 1.807) is 6.92 Å². The molecule has 0 aliphatic carbocycles. The van der Waals surface area contributed by atoms with E-state index in [2.05, 4.69) is 10.4 Å². The highest BCUT2D eigenvalue weighted by molar-refractivity contribution is 6.31. The summed E-state index contributed by atoms with van der Waals surface area (Å²) in [6.07, 6.45) is 1.26. The maximum atomic E-state index is 11.4. The molecule has 2 N–H and O–H groups in total. The average molecular weight is 302 g/mol. The standard InChI is InChI=1S/C14H24ClN3O2/c1-9(2)16-14(5,13(19)20)7-6-8-18-11(4)12(15)10(3)17-18/h9,16H,6-8H2,1-5H3,(H,19,20). The lowest BCUT2D eigenvalue weighted by Gasteiger charge is -2.28. The molecule has 114 valence electrons. The third kappa shape index (κ3) is 3.96. The molecule has 1 atom stereocenters. The minimum atomic E-state index is -0.909. The van der Waals surface area contributed by atoms with Crippen LogP contribution in [0.1, 0.15) is 45.0 Å². The molecular weight excluding hydrogens is 278 g/mol. The van der Waals surface area contributed by atoms with Crippen LogP contribution in [0, 0.1) is 13.8 Å². The van der Waals surface area contributed by atoms with Crippen LogP contribution in [-0.4, -0.2) is 32.4 Å². The molecule has 0 spiro atoms. The number of carbonyl (C=O) groups is 1. The van der Waals surface area contributed by atoms with E-state index in [0.29, 0.717) is 18.0 Å². The predicted octanol–water partition coefficient (Wildman–Crippen LogP) is 2.77. The van der Waals surface area contributed by atoms with Crippen molar-refractivity contribution >= 4 is 17.6 Å². The zero-order chi connectivity index (χ0) is 15.5. The molecule has 1 aromatic rings. The summed E-state index contributed by atoms with van der Waals surface area (Å²) in [5.41, 5.74) is 0.831. The normalized spacial score (nSPS) is 14.6. The van der Waals surface area contributed by atoms with Gasteiger partial charge in [0.2, 0.25) is 0 Å². The van der Waals surface area contributed by atoms with E-state index < -0.39 is 11.5 Å². The molecule has 0 aliphatic heterocycles. The molecule has 0 saturated carbocycles. The van der Waals surface area contributed by atoms with Crippen LogP contribution in [0.4, 0.5) is 0 Å². The molecule has 0 aliphatic rings. The molecule has 0 radical (unpaired) electrons.